The van der Waals surface area contributed by atoms with Crippen LogP contribution >= 0.6 is 15.9 Å². The number of aliphatic hydroxyl groups is 2. The van der Waals surface area contributed by atoms with Crippen LogP contribution < -0.4 is 9.46 Å². The van der Waals surface area contributed by atoms with Crippen LogP contribution in [0.1, 0.15) is 0 Å². The normalized spacial score (nSPS) is 14.7. The van der Waals surface area contributed by atoms with Crippen molar-refractivity contribution in [3.63, 3.8) is 0 Å². The summed E-state index contributed by atoms with van der Waals surface area (Å²) in [6, 6.07) is 7.19. The SMILES string of the molecule is CN(CC(O)CNS(=O)(=O)O)CC(O)COc1ccc(Br)cc1. The summed E-state index contributed by atoms with van der Waals surface area (Å²) >= 11 is 3.31. The number of benzene rings is 1. The van der Waals surface area contributed by atoms with Crippen LogP contribution in [-0.2, 0) is 10.3 Å². The van der Waals surface area contributed by atoms with Gasteiger partial charge in [0.2, 0.25) is 0 Å². The topological polar surface area (TPSA) is 119 Å². The number of nitrogens with zero attached hydrogens (tertiary/aromatic N) is 1. The first-order chi connectivity index (χ1) is 10.7. The zero-order chi connectivity index (χ0) is 17.5. The molecule has 23 heavy (non-hydrogen) atoms. The molecule has 0 aromatic heterocycles. The van der Waals surface area contributed by atoms with Gasteiger partial charge in [0.25, 0.3) is 0 Å². The molecule has 0 bridgehead atoms. The van der Waals surface area contributed by atoms with Gasteiger partial charge >= 0.3 is 10.3 Å². The monoisotopic (exact) mass is 412 g/mol. The van der Waals surface area contributed by atoms with E-state index in [9.17, 15) is 18.6 Å². The molecule has 0 radical (unpaired) electrons. The molecule has 0 fully saturated rings. The molecule has 0 saturated heterocycles. The van der Waals surface area contributed by atoms with E-state index < -0.39 is 22.5 Å². The van der Waals surface area contributed by atoms with Gasteiger partial charge in [0.05, 0.1) is 6.10 Å². The number of hydrogen-bond donors (Lipinski definition) is 4. The van der Waals surface area contributed by atoms with Crippen molar-refractivity contribution in [2.75, 3.05) is 33.3 Å². The summed E-state index contributed by atoms with van der Waals surface area (Å²) in [6.07, 6.45) is -1.79. The number of aliphatic hydroxyl groups excluding tert-OH is 2. The first-order valence-electron chi connectivity index (χ1n) is 6.81. The Morgan fingerprint density at radius 2 is 1.78 bits per heavy atom. The number of hydrogen-bond acceptors (Lipinski definition) is 6. The van der Waals surface area contributed by atoms with Gasteiger partial charge in [0.15, 0.2) is 0 Å². The van der Waals surface area contributed by atoms with E-state index in [1.165, 1.54) is 0 Å². The van der Waals surface area contributed by atoms with Crippen LogP contribution in [-0.4, -0.2) is 73.6 Å². The smallest absolute Gasteiger partial charge is 0.333 e. The van der Waals surface area contributed by atoms with Crippen LogP contribution in [0.3, 0.4) is 0 Å². The van der Waals surface area contributed by atoms with Crippen molar-refractivity contribution >= 4 is 26.2 Å². The Hall–Kier alpha value is -0.750. The van der Waals surface area contributed by atoms with Gasteiger partial charge in [-0.15, -0.1) is 0 Å². The molecule has 1 aromatic rings. The fourth-order valence-electron chi connectivity index (χ4n) is 1.84. The molecule has 0 heterocycles. The Bertz CT molecular complexity index is 568. The van der Waals surface area contributed by atoms with Crippen LogP contribution in [0.25, 0.3) is 0 Å². The van der Waals surface area contributed by atoms with Crippen molar-refractivity contribution in [1.29, 1.82) is 0 Å². The molecular weight excluding hydrogens is 392 g/mol. The lowest BCUT2D eigenvalue weighted by molar-refractivity contribution is 0.0571. The summed E-state index contributed by atoms with van der Waals surface area (Å²) in [5.74, 6) is 0.632. The molecule has 0 saturated carbocycles. The van der Waals surface area contributed by atoms with Gasteiger partial charge in [0, 0.05) is 24.1 Å². The molecule has 132 valence electrons. The Labute approximate surface area is 144 Å². The van der Waals surface area contributed by atoms with Gasteiger partial charge in [-0.25, -0.2) is 0 Å². The summed E-state index contributed by atoms with van der Waals surface area (Å²) in [7, 11) is -2.66. The van der Waals surface area contributed by atoms with Crippen molar-refractivity contribution in [2.24, 2.45) is 0 Å². The maximum atomic E-state index is 10.5. The summed E-state index contributed by atoms with van der Waals surface area (Å²) < 4.78 is 37.7. The summed E-state index contributed by atoms with van der Waals surface area (Å²) in [4.78, 5) is 1.63. The minimum Gasteiger partial charge on any atom is -0.491 e. The predicted octanol–water partition coefficient (Wildman–Crippen LogP) is -0.126. The molecule has 4 N–H and O–H groups in total. The molecule has 2 atom stereocenters. The standard InChI is InChI=1S/C13H21BrN2O6S/c1-16(7-11(17)6-15-23(19,20)21)8-12(18)9-22-13-4-2-10(14)3-5-13/h2-5,11-12,15,17-18H,6-9H2,1H3,(H,19,20,21). The lowest BCUT2D eigenvalue weighted by Crippen LogP contribution is -2.41. The van der Waals surface area contributed by atoms with Gasteiger partial charge in [0.1, 0.15) is 18.5 Å². The highest BCUT2D eigenvalue weighted by molar-refractivity contribution is 9.10. The maximum Gasteiger partial charge on any atom is 0.333 e. The second-order valence-corrected chi connectivity index (χ2v) is 7.27. The molecule has 1 aromatic carbocycles. The molecule has 1 rings (SSSR count). The predicted molar refractivity (Wildman–Crippen MR) is 88.7 cm³/mol. The molecule has 8 nitrogen and oxygen atoms in total. The Balaban J connectivity index is 2.27. The number of likely N-dealkylation sites (N-methyl/N-ethyl adjacent to an activating group) is 1. The summed E-state index contributed by atoms with van der Waals surface area (Å²) in [5.41, 5.74) is 0. The van der Waals surface area contributed by atoms with Crippen LogP contribution in [0, 0.1) is 0 Å². The van der Waals surface area contributed by atoms with Crippen molar-refractivity contribution < 1.29 is 27.9 Å². The number of ether oxygens (including phenoxy) is 1. The fraction of sp³-hybridized carbons (Fsp3) is 0.538. The number of nitrogens with one attached hydrogen (secondary N) is 1. The second-order valence-electron chi connectivity index (χ2n) is 5.12. The van der Waals surface area contributed by atoms with E-state index in [4.69, 9.17) is 9.29 Å². The molecule has 0 aliphatic rings. The highest BCUT2D eigenvalue weighted by Crippen LogP contribution is 2.16. The first kappa shape index (κ1) is 20.3. The maximum absolute atomic E-state index is 10.5. The third-order valence-corrected chi connectivity index (χ3v) is 3.86. The van der Waals surface area contributed by atoms with E-state index >= 15 is 0 Å². The second kappa shape index (κ2) is 9.52. The Morgan fingerprint density at radius 1 is 1.22 bits per heavy atom. The summed E-state index contributed by atoms with van der Waals surface area (Å²) in [6.45, 7) is 0.136. The van der Waals surface area contributed by atoms with Gasteiger partial charge in [-0.1, -0.05) is 15.9 Å². The Morgan fingerprint density at radius 3 is 2.35 bits per heavy atom. The molecule has 0 amide bonds. The quantitative estimate of drug-likeness (QED) is 0.395. The average molecular weight is 413 g/mol. The van der Waals surface area contributed by atoms with Crippen LogP contribution in [0.2, 0.25) is 0 Å². The number of halogens is 1. The van der Waals surface area contributed by atoms with Crippen molar-refractivity contribution in [3.8, 4) is 5.75 Å². The largest absolute Gasteiger partial charge is 0.491 e. The van der Waals surface area contributed by atoms with Crippen LogP contribution in [0.15, 0.2) is 28.7 Å². The van der Waals surface area contributed by atoms with E-state index in [0.717, 1.165) is 4.47 Å². The highest BCUT2D eigenvalue weighted by Gasteiger charge is 2.14. The van der Waals surface area contributed by atoms with Crippen LogP contribution in [0.4, 0.5) is 0 Å². The average Bonchev–Trinajstić information content (AvgIpc) is 2.43. The zero-order valence-corrected chi connectivity index (χ0v) is 15.0. The Kier molecular flexibility index (Phi) is 8.40. The van der Waals surface area contributed by atoms with Gasteiger partial charge in [-0.3, -0.25) is 4.55 Å². The van der Waals surface area contributed by atoms with E-state index in [2.05, 4.69) is 15.9 Å². The highest BCUT2D eigenvalue weighted by atomic mass is 79.9. The first-order valence-corrected chi connectivity index (χ1v) is 9.04. The molecule has 0 aliphatic carbocycles. The summed E-state index contributed by atoms with van der Waals surface area (Å²) in [5, 5.41) is 19.5. The van der Waals surface area contributed by atoms with E-state index in [0.29, 0.717) is 5.75 Å². The molecule has 0 spiro atoms. The van der Waals surface area contributed by atoms with Crippen LogP contribution in [0.5, 0.6) is 5.75 Å². The lowest BCUT2D eigenvalue weighted by Gasteiger charge is -2.23. The van der Waals surface area contributed by atoms with E-state index in [1.54, 1.807) is 28.8 Å². The molecule has 0 aliphatic heterocycles. The molecular formula is C13H21BrN2O6S. The van der Waals surface area contributed by atoms with E-state index in [-0.39, 0.29) is 26.2 Å². The van der Waals surface area contributed by atoms with Crippen molar-refractivity contribution in [3.05, 3.63) is 28.7 Å². The van der Waals surface area contributed by atoms with Crippen molar-refractivity contribution in [1.82, 2.24) is 9.62 Å². The molecule has 2 unspecified atom stereocenters. The minimum absolute atomic E-state index is 0.0886. The van der Waals surface area contributed by atoms with Gasteiger partial charge < -0.3 is 19.8 Å². The third kappa shape index (κ3) is 9.87. The zero-order valence-electron chi connectivity index (χ0n) is 12.6. The molecule has 10 heteroatoms. The van der Waals surface area contributed by atoms with E-state index in [1.807, 2.05) is 12.1 Å². The lowest BCUT2D eigenvalue weighted by atomic mass is 10.3. The minimum atomic E-state index is -4.32. The van der Waals surface area contributed by atoms with Crippen molar-refractivity contribution in [2.45, 2.75) is 12.2 Å². The van der Waals surface area contributed by atoms with Gasteiger partial charge in [-0.05, 0) is 31.3 Å². The number of rotatable bonds is 10. The third-order valence-electron chi connectivity index (χ3n) is 2.80. The van der Waals surface area contributed by atoms with Gasteiger partial charge in [-0.2, -0.15) is 13.1 Å². The fourth-order valence-corrected chi connectivity index (χ4v) is 2.50.